The van der Waals surface area contributed by atoms with Crippen LogP contribution >= 0.6 is 11.3 Å². The van der Waals surface area contributed by atoms with E-state index in [4.69, 9.17) is 0 Å². The summed E-state index contributed by atoms with van der Waals surface area (Å²) in [7, 11) is 4.23. The predicted molar refractivity (Wildman–Crippen MR) is 71.5 cm³/mol. The van der Waals surface area contributed by atoms with Gasteiger partial charge in [-0.2, -0.15) is 11.3 Å². The van der Waals surface area contributed by atoms with E-state index in [-0.39, 0.29) is 11.4 Å². The Balaban J connectivity index is 1.94. The largest absolute Gasteiger partial charge is 0.350 e. The van der Waals surface area contributed by atoms with Gasteiger partial charge in [-0.15, -0.1) is 0 Å². The maximum Gasteiger partial charge on any atom is 0.252 e. The van der Waals surface area contributed by atoms with Crippen molar-refractivity contribution in [2.24, 2.45) is 0 Å². The van der Waals surface area contributed by atoms with Gasteiger partial charge < -0.3 is 10.2 Å². The average molecular weight is 252 g/mol. The summed E-state index contributed by atoms with van der Waals surface area (Å²) in [5.41, 5.74) is 0.952. The lowest BCUT2D eigenvalue weighted by Gasteiger charge is -2.36. The lowest BCUT2D eigenvalue weighted by atomic mass is 9.96. The van der Waals surface area contributed by atoms with Gasteiger partial charge in [-0.1, -0.05) is 12.8 Å². The molecule has 1 aromatic rings. The van der Waals surface area contributed by atoms with Gasteiger partial charge in [0.25, 0.3) is 5.91 Å². The number of amides is 1. The Morgan fingerprint density at radius 1 is 1.47 bits per heavy atom. The lowest BCUT2D eigenvalue weighted by Crippen LogP contribution is -2.50. The van der Waals surface area contributed by atoms with E-state index in [1.165, 1.54) is 25.7 Å². The fourth-order valence-electron chi connectivity index (χ4n) is 2.56. The summed E-state index contributed by atoms with van der Waals surface area (Å²) in [5.74, 6) is 0.0550. The van der Waals surface area contributed by atoms with Crippen LogP contribution in [0.25, 0.3) is 0 Å². The number of rotatable bonds is 4. The summed E-state index contributed by atoms with van der Waals surface area (Å²) in [6.07, 6.45) is 4.91. The summed E-state index contributed by atoms with van der Waals surface area (Å²) in [5, 5.41) is 6.91. The van der Waals surface area contributed by atoms with Gasteiger partial charge in [-0.3, -0.25) is 4.79 Å². The van der Waals surface area contributed by atoms with Crippen LogP contribution in [0.5, 0.6) is 0 Å². The van der Waals surface area contributed by atoms with E-state index in [2.05, 4.69) is 24.3 Å². The van der Waals surface area contributed by atoms with Crippen LogP contribution in [0.1, 0.15) is 36.0 Å². The Kier molecular flexibility index (Phi) is 3.84. The first kappa shape index (κ1) is 12.6. The highest BCUT2D eigenvalue weighted by Gasteiger charge is 2.36. The van der Waals surface area contributed by atoms with E-state index in [1.54, 1.807) is 11.3 Å². The third kappa shape index (κ3) is 2.69. The molecular weight excluding hydrogens is 232 g/mol. The summed E-state index contributed by atoms with van der Waals surface area (Å²) in [6, 6.07) is 1.87. The Morgan fingerprint density at radius 3 is 2.71 bits per heavy atom. The first-order chi connectivity index (χ1) is 8.14. The molecule has 3 nitrogen and oxygen atoms in total. The van der Waals surface area contributed by atoms with Crippen molar-refractivity contribution < 1.29 is 4.79 Å². The smallest absolute Gasteiger partial charge is 0.252 e. The van der Waals surface area contributed by atoms with Crippen molar-refractivity contribution in [1.82, 2.24) is 10.2 Å². The Labute approximate surface area is 107 Å². The molecule has 1 N–H and O–H groups in total. The van der Waals surface area contributed by atoms with E-state index in [1.807, 2.05) is 16.8 Å². The number of nitrogens with one attached hydrogen (secondary N) is 1. The van der Waals surface area contributed by atoms with Gasteiger partial charge in [0.2, 0.25) is 0 Å². The zero-order chi connectivity index (χ0) is 12.3. The second-order valence-corrected chi connectivity index (χ2v) is 5.80. The Hall–Kier alpha value is -0.870. The fourth-order valence-corrected chi connectivity index (χ4v) is 3.19. The molecule has 4 heteroatoms. The lowest BCUT2D eigenvalue weighted by molar-refractivity contribution is 0.0900. The topological polar surface area (TPSA) is 32.3 Å². The molecule has 17 heavy (non-hydrogen) atoms. The third-order valence-corrected chi connectivity index (χ3v) is 4.53. The molecule has 0 unspecified atom stereocenters. The molecule has 1 aromatic heterocycles. The molecule has 0 spiro atoms. The molecule has 1 aliphatic carbocycles. The summed E-state index contributed by atoms with van der Waals surface area (Å²) in [6.45, 7) is 0.759. The molecular formula is C13H20N2OS. The molecule has 1 amide bonds. The molecule has 1 fully saturated rings. The quantitative estimate of drug-likeness (QED) is 0.892. The number of hydrogen-bond acceptors (Lipinski definition) is 3. The van der Waals surface area contributed by atoms with Gasteiger partial charge in [0.15, 0.2) is 0 Å². The number of thiophene rings is 1. The molecule has 94 valence electrons. The molecule has 1 saturated carbocycles. The maximum absolute atomic E-state index is 11.9. The summed E-state index contributed by atoms with van der Waals surface area (Å²) < 4.78 is 0. The normalized spacial score (nSPS) is 18.5. The van der Waals surface area contributed by atoms with Crippen LogP contribution < -0.4 is 5.32 Å². The van der Waals surface area contributed by atoms with Gasteiger partial charge in [0.1, 0.15) is 0 Å². The molecule has 1 aliphatic rings. The van der Waals surface area contributed by atoms with Gasteiger partial charge >= 0.3 is 0 Å². The predicted octanol–water partition coefficient (Wildman–Crippen LogP) is 2.35. The summed E-state index contributed by atoms with van der Waals surface area (Å²) >= 11 is 1.56. The Morgan fingerprint density at radius 2 is 2.18 bits per heavy atom. The van der Waals surface area contributed by atoms with Crippen molar-refractivity contribution >= 4 is 17.2 Å². The van der Waals surface area contributed by atoms with Crippen molar-refractivity contribution in [3.8, 4) is 0 Å². The molecule has 0 atom stereocenters. The number of hydrogen-bond donors (Lipinski definition) is 1. The number of nitrogens with zero attached hydrogens (tertiary/aromatic N) is 1. The van der Waals surface area contributed by atoms with Crippen molar-refractivity contribution in [2.75, 3.05) is 20.6 Å². The molecule has 0 aliphatic heterocycles. The van der Waals surface area contributed by atoms with Crippen molar-refractivity contribution in [3.63, 3.8) is 0 Å². The molecule has 2 rings (SSSR count). The summed E-state index contributed by atoms with van der Waals surface area (Å²) in [4.78, 5) is 14.2. The van der Waals surface area contributed by atoms with Crippen LogP contribution in [0, 0.1) is 0 Å². The van der Waals surface area contributed by atoms with Crippen LogP contribution in [-0.4, -0.2) is 37.0 Å². The van der Waals surface area contributed by atoms with E-state index in [0.29, 0.717) is 0 Å². The van der Waals surface area contributed by atoms with Crippen molar-refractivity contribution in [3.05, 3.63) is 22.4 Å². The zero-order valence-electron chi connectivity index (χ0n) is 10.5. The SMILES string of the molecule is CN(C)C1(CNC(=O)c2ccsc2)CCCC1. The highest BCUT2D eigenvalue weighted by atomic mass is 32.1. The number of carbonyl (C=O) groups is 1. The fraction of sp³-hybridized carbons (Fsp3) is 0.615. The molecule has 0 saturated heterocycles. The van der Waals surface area contributed by atoms with Crippen LogP contribution in [0.4, 0.5) is 0 Å². The van der Waals surface area contributed by atoms with Gasteiger partial charge in [0, 0.05) is 23.0 Å². The number of likely N-dealkylation sites (N-methyl/N-ethyl adjacent to an activating group) is 1. The standard InChI is InChI=1S/C13H20N2OS/c1-15(2)13(6-3-4-7-13)10-14-12(16)11-5-8-17-9-11/h5,8-9H,3-4,6-7,10H2,1-2H3,(H,14,16). The molecule has 1 heterocycles. The Bertz CT molecular complexity index is 367. The second kappa shape index (κ2) is 5.19. The van der Waals surface area contributed by atoms with Crippen LogP contribution in [0.2, 0.25) is 0 Å². The molecule has 0 bridgehead atoms. The van der Waals surface area contributed by atoms with Gasteiger partial charge in [-0.25, -0.2) is 0 Å². The number of carbonyl (C=O) groups excluding carboxylic acids is 1. The maximum atomic E-state index is 11.9. The van der Waals surface area contributed by atoms with E-state index >= 15 is 0 Å². The van der Waals surface area contributed by atoms with Crippen molar-refractivity contribution in [2.45, 2.75) is 31.2 Å². The second-order valence-electron chi connectivity index (χ2n) is 5.02. The van der Waals surface area contributed by atoms with Crippen LogP contribution in [0.15, 0.2) is 16.8 Å². The average Bonchev–Trinajstić information content (AvgIpc) is 2.97. The first-order valence-corrected chi connectivity index (χ1v) is 7.06. The minimum absolute atomic E-state index is 0.0550. The van der Waals surface area contributed by atoms with Gasteiger partial charge in [0.05, 0.1) is 0 Å². The zero-order valence-corrected chi connectivity index (χ0v) is 11.3. The highest BCUT2D eigenvalue weighted by Crippen LogP contribution is 2.33. The first-order valence-electron chi connectivity index (χ1n) is 6.12. The third-order valence-electron chi connectivity index (χ3n) is 3.84. The van der Waals surface area contributed by atoms with E-state index in [9.17, 15) is 4.79 Å². The van der Waals surface area contributed by atoms with E-state index in [0.717, 1.165) is 12.1 Å². The monoisotopic (exact) mass is 252 g/mol. The van der Waals surface area contributed by atoms with E-state index < -0.39 is 0 Å². The van der Waals surface area contributed by atoms with Crippen LogP contribution in [-0.2, 0) is 0 Å². The highest BCUT2D eigenvalue weighted by molar-refractivity contribution is 7.08. The van der Waals surface area contributed by atoms with Crippen LogP contribution in [0.3, 0.4) is 0 Å². The van der Waals surface area contributed by atoms with Gasteiger partial charge in [-0.05, 0) is 38.4 Å². The molecule has 0 aromatic carbocycles. The minimum atomic E-state index is 0.0550. The van der Waals surface area contributed by atoms with Crippen molar-refractivity contribution in [1.29, 1.82) is 0 Å². The minimum Gasteiger partial charge on any atom is -0.350 e. The molecule has 0 radical (unpaired) electrons.